The minimum Gasteiger partial charge on any atom is -0.489 e. The topological polar surface area (TPSA) is 187 Å². The number of benzene rings is 2. The second-order valence-electron chi connectivity index (χ2n) is 9.51. The number of hydroxylamine groups is 1. The fourth-order valence-electron chi connectivity index (χ4n) is 4.02. The van der Waals surface area contributed by atoms with Gasteiger partial charge in [0.2, 0.25) is 5.91 Å². The number of nitrogens with zero attached hydrogens (tertiary/aromatic N) is 1. The van der Waals surface area contributed by atoms with Gasteiger partial charge in [-0.1, -0.05) is 18.2 Å². The summed E-state index contributed by atoms with van der Waals surface area (Å²) < 4.78 is 69.4. The van der Waals surface area contributed by atoms with Crippen molar-refractivity contribution >= 4 is 34.7 Å². The monoisotopic (exact) mass is 662 g/mol. The zero-order valence-electron chi connectivity index (χ0n) is 23.8. The molecular weight excluding hydrogens is 634 g/mol. The van der Waals surface area contributed by atoms with Gasteiger partial charge in [-0.05, 0) is 56.3 Å². The summed E-state index contributed by atoms with van der Waals surface area (Å²) in [5, 5.41) is 30.2. The summed E-state index contributed by atoms with van der Waals surface area (Å²) in [6, 6.07) is 16.5. The van der Waals surface area contributed by atoms with E-state index in [1.165, 1.54) is 0 Å². The summed E-state index contributed by atoms with van der Waals surface area (Å²) in [5.74, 6) is -6.17. The van der Waals surface area contributed by atoms with Gasteiger partial charge in [-0.2, -0.15) is 26.3 Å². The van der Waals surface area contributed by atoms with Gasteiger partial charge in [0, 0.05) is 34.8 Å². The van der Waals surface area contributed by atoms with Gasteiger partial charge in [0.1, 0.15) is 12.4 Å². The van der Waals surface area contributed by atoms with E-state index in [-0.39, 0.29) is 11.9 Å². The van der Waals surface area contributed by atoms with Gasteiger partial charge >= 0.3 is 24.3 Å². The number of carboxylic acid groups (broad SMARTS) is 2. The Morgan fingerprint density at radius 3 is 2.07 bits per heavy atom. The van der Waals surface area contributed by atoms with E-state index in [4.69, 9.17) is 29.7 Å². The first kappa shape index (κ1) is 37.2. The average molecular weight is 663 g/mol. The number of pyridine rings is 1. The SMILES string of the molecule is Cc1cc(COc2ccc(C(=O)N[C@H]3CCNC[C@@H]3C(=O)NO)cc2)c2ccccc2n1.O=C(O)C(F)(F)F.O=C(O)C(F)(F)F. The number of aryl methyl sites for hydroxylation is 1. The molecule has 46 heavy (non-hydrogen) atoms. The molecule has 2 aromatic carbocycles. The highest BCUT2D eigenvalue weighted by atomic mass is 19.4. The number of alkyl halides is 6. The first-order valence-corrected chi connectivity index (χ1v) is 13.1. The largest absolute Gasteiger partial charge is 0.490 e. The standard InChI is InChI=1S/C24H26N4O4.2C2HF3O2/c1-15-12-17(19-4-2-3-5-21(19)26-15)14-32-18-8-6-16(7-9-18)23(29)27-22-10-11-25-13-20(22)24(30)28-31;2*3-2(4,5)1(6)7/h2-9,12,20,22,25,31H,10-11,13-14H2,1H3,(H,27,29)(H,28,30);2*(H,6,7)/t20-,22-;;/m0../s1. The number of amides is 2. The number of fused-ring (bicyclic) bond motifs is 1. The normalized spacial score (nSPS) is 16.1. The number of rotatable bonds is 6. The number of carbonyl (C=O) groups is 4. The summed E-state index contributed by atoms with van der Waals surface area (Å²) in [6.07, 6.45) is -9.57. The van der Waals surface area contributed by atoms with Crippen molar-refractivity contribution in [2.24, 2.45) is 5.92 Å². The predicted molar refractivity (Wildman–Crippen MR) is 147 cm³/mol. The predicted octanol–water partition coefficient (Wildman–Crippen LogP) is 3.60. The van der Waals surface area contributed by atoms with Gasteiger partial charge in [0.15, 0.2) is 0 Å². The van der Waals surface area contributed by atoms with Crippen LogP contribution in [-0.4, -0.2) is 75.6 Å². The van der Waals surface area contributed by atoms with Crippen LogP contribution in [0.5, 0.6) is 5.75 Å². The number of halogens is 6. The van der Waals surface area contributed by atoms with Gasteiger partial charge in [0.25, 0.3) is 5.91 Å². The number of aliphatic carboxylic acids is 2. The van der Waals surface area contributed by atoms with Crippen molar-refractivity contribution in [1.29, 1.82) is 0 Å². The highest BCUT2D eigenvalue weighted by Crippen LogP contribution is 2.21. The molecule has 1 aliphatic heterocycles. The maximum Gasteiger partial charge on any atom is 0.490 e. The van der Waals surface area contributed by atoms with Crippen LogP contribution in [0, 0.1) is 12.8 Å². The number of carbonyl (C=O) groups excluding carboxylic acids is 2. The van der Waals surface area contributed by atoms with Crippen LogP contribution in [0.4, 0.5) is 26.3 Å². The van der Waals surface area contributed by atoms with E-state index in [0.29, 0.717) is 37.4 Å². The molecule has 0 unspecified atom stereocenters. The molecule has 6 N–H and O–H groups in total. The Hall–Kier alpha value is -4.97. The Balaban J connectivity index is 0.000000440. The van der Waals surface area contributed by atoms with E-state index in [9.17, 15) is 35.9 Å². The number of nitrogens with one attached hydrogen (secondary N) is 3. The van der Waals surface area contributed by atoms with Crippen LogP contribution in [0.3, 0.4) is 0 Å². The van der Waals surface area contributed by atoms with Crippen LogP contribution in [0.15, 0.2) is 54.6 Å². The van der Waals surface area contributed by atoms with Gasteiger partial charge < -0.3 is 25.6 Å². The molecule has 0 spiro atoms. The Kier molecular flexibility index (Phi) is 13.2. The lowest BCUT2D eigenvalue weighted by Crippen LogP contribution is -2.54. The van der Waals surface area contributed by atoms with Crippen molar-refractivity contribution in [3.05, 3.63) is 71.4 Å². The third kappa shape index (κ3) is 11.5. The maximum absolute atomic E-state index is 12.7. The maximum atomic E-state index is 12.7. The molecule has 2 heterocycles. The third-order valence-electron chi connectivity index (χ3n) is 6.17. The molecule has 3 aromatic rings. The lowest BCUT2D eigenvalue weighted by atomic mass is 9.92. The van der Waals surface area contributed by atoms with Crippen LogP contribution in [-0.2, 0) is 21.0 Å². The lowest BCUT2D eigenvalue weighted by Gasteiger charge is -2.31. The molecule has 0 bridgehead atoms. The van der Waals surface area contributed by atoms with Crippen LogP contribution >= 0.6 is 0 Å². The summed E-state index contributed by atoms with van der Waals surface area (Å²) in [5.41, 5.74) is 5.07. The average Bonchev–Trinajstić information content (AvgIpc) is 2.99. The van der Waals surface area contributed by atoms with Crippen molar-refractivity contribution in [2.45, 2.75) is 38.3 Å². The molecule has 0 aliphatic carbocycles. The van der Waals surface area contributed by atoms with Crippen molar-refractivity contribution in [3.63, 3.8) is 0 Å². The Bertz CT molecular complexity index is 1490. The molecule has 0 saturated carbocycles. The van der Waals surface area contributed by atoms with Crippen molar-refractivity contribution < 1.29 is 65.7 Å². The second kappa shape index (κ2) is 16.4. The van der Waals surface area contributed by atoms with Crippen LogP contribution in [0.1, 0.15) is 28.0 Å². The summed E-state index contributed by atoms with van der Waals surface area (Å²) >= 11 is 0. The molecule has 4 rings (SSSR count). The van der Waals surface area contributed by atoms with Gasteiger partial charge in [-0.15, -0.1) is 0 Å². The zero-order chi connectivity index (χ0) is 34.7. The first-order chi connectivity index (χ1) is 21.4. The van der Waals surface area contributed by atoms with Crippen LogP contribution in [0.2, 0.25) is 0 Å². The van der Waals surface area contributed by atoms with E-state index in [0.717, 1.165) is 22.2 Å². The number of piperidine rings is 1. The number of aromatic nitrogens is 1. The van der Waals surface area contributed by atoms with Crippen molar-refractivity contribution in [2.75, 3.05) is 13.1 Å². The third-order valence-corrected chi connectivity index (χ3v) is 6.17. The molecule has 1 aliphatic rings. The zero-order valence-corrected chi connectivity index (χ0v) is 23.8. The number of carboxylic acids is 2. The quantitative estimate of drug-likeness (QED) is 0.129. The molecule has 250 valence electrons. The van der Waals surface area contributed by atoms with Gasteiger partial charge in [-0.3, -0.25) is 19.8 Å². The van der Waals surface area contributed by atoms with Crippen molar-refractivity contribution in [3.8, 4) is 5.75 Å². The fourth-order valence-corrected chi connectivity index (χ4v) is 4.02. The van der Waals surface area contributed by atoms with E-state index >= 15 is 0 Å². The lowest BCUT2D eigenvalue weighted by molar-refractivity contribution is -0.193. The van der Waals surface area contributed by atoms with E-state index in [1.807, 2.05) is 37.3 Å². The van der Waals surface area contributed by atoms with Gasteiger partial charge in [0.05, 0.1) is 11.4 Å². The molecule has 12 nitrogen and oxygen atoms in total. The molecule has 1 fully saturated rings. The fraction of sp³-hybridized carbons (Fsp3) is 0.321. The van der Waals surface area contributed by atoms with Gasteiger partial charge in [-0.25, -0.2) is 15.1 Å². The second-order valence-corrected chi connectivity index (χ2v) is 9.51. The Labute approximate surface area is 256 Å². The minimum atomic E-state index is -5.08. The molecule has 1 aromatic heterocycles. The minimum absolute atomic E-state index is 0.269. The summed E-state index contributed by atoms with van der Waals surface area (Å²) in [7, 11) is 0. The molecule has 2 atom stereocenters. The number of hydrogen-bond donors (Lipinski definition) is 6. The molecule has 1 saturated heterocycles. The molecular formula is C28H28F6N4O8. The summed E-state index contributed by atoms with van der Waals surface area (Å²) in [4.78, 5) is 46.9. The molecule has 2 amide bonds. The Morgan fingerprint density at radius 1 is 0.957 bits per heavy atom. The highest BCUT2D eigenvalue weighted by Gasteiger charge is 2.39. The number of ether oxygens (including phenoxy) is 1. The van der Waals surface area contributed by atoms with E-state index in [1.54, 1.807) is 29.7 Å². The van der Waals surface area contributed by atoms with E-state index in [2.05, 4.69) is 15.6 Å². The first-order valence-electron chi connectivity index (χ1n) is 13.1. The molecule has 18 heteroatoms. The van der Waals surface area contributed by atoms with Crippen LogP contribution < -0.4 is 20.9 Å². The van der Waals surface area contributed by atoms with Crippen LogP contribution in [0.25, 0.3) is 10.9 Å². The Morgan fingerprint density at radius 2 is 1.52 bits per heavy atom. The number of para-hydroxylation sites is 1. The van der Waals surface area contributed by atoms with Crippen molar-refractivity contribution in [1.82, 2.24) is 21.1 Å². The summed E-state index contributed by atoms with van der Waals surface area (Å²) in [6.45, 7) is 3.44. The highest BCUT2D eigenvalue weighted by molar-refractivity contribution is 5.95. The number of hydrogen-bond acceptors (Lipinski definition) is 8. The van der Waals surface area contributed by atoms with E-state index < -0.39 is 36.1 Å². The smallest absolute Gasteiger partial charge is 0.489 e. The molecule has 0 radical (unpaired) electrons.